The number of hydrogen-bond acceptors (Lipinski definition) is 3. The molecule has 0 amide bonds. The van der Waals surface area contributed by atoms with Gasteiger partial charge in [-0.15, -0.1) is 0 Å². The van der Waals surface area contributed by atoms with E-state index in [1.54, 1.807) is 0 Å². The van der Waals surface area contributed by atoms with E-state index in [9.17, 15) is 0 Å². The van der Waals surface area contributed by atoms with E-state index in [1.807, 2.05) is 0 Å². The minimum Gasteiger partial charge on any atom is -0.375 e. The van der Waals surface area contributed by atoms with Crippen LogP contribution in [0.2, 0.25) is 0 Å². The van der Waals surface area contributed by atoms with Crippen LogP contribution in [0.3, 0.4) is 0 Å². The molecule has 0 atom stereocenters. The second-order valence-corrected chi connectivity index (χ2v) is 6.63. The quantitative estimate of drug-likeness (QED) is 0.742. The molecule has 102 valence electrons. The summed E-state index contributed by atoms with van der Waals surface area (Å²) in [5.74, 6) is 0. The maximum absolute atomic E-state index is 5.85. The van der Waals surface area contributed by atoms with Gasteiger partial charge in [-0.3, -0.25) is 0 Å². The lowest BCUT2D eigenvalue weighted by Gasteiger charge is -2.31. The van der Waals surface area contributed by atoms with E-state index in [0.29, 0.717) is 0 Å². The lowest BCUT2D eigenvalue weighted by Crippen LogP contribution is -2.31. The highest BCUT2D eigenvalue weighted by molar-refractivity contribution is 4.72. The zero-order valence-corrected chi connectivity index (χ0v) is 12.0. The summed E-state index contributed by atoms with van der Waals surface area (Å²) in [6, 6.07) is 0. The van der Waals surface area contributed by atoms with Crippen LogP contribution in [0.5, 0.6) is 0 Å². The first-order valence-corrected chi connectivity index (χ1v) is 6.66. The third-order valence-corrected chi connectivity index (χ3v) is 2.85. The van der Waals surface area contributed by atoms with Crippen molar-refractivity contribution in [3.63, 3.8) is 0 Å². The third-order valence-electron chi connectivity index (χ3n) is 2.85. The van der Waals surface area contributed by atoms with Crippen LogP contribution in [-0.4, -0.2) is 31.7 Å². The summed E-state index contributed by atoms with van der Waals surface area (Å²) in [4.78, 5) is 0. The Hall–Kier alpha value is -0.120. The van der Waals surface area contributed by atoms with Crippen molar-refractivity contribution in [1.29, 1.82) is 0 Å². The molecule has 0 aliphatic carbocycles. The van der Waals surface area contributed by atoms with Gasteiger partial charge in [0.05, 0.1) is 25.4 Å². The average Bonchev–Trinajstić information content (AvgIpc) is 2.25. The fraction of sp³-hybridized carbons (Fsp3) is 1.00. The molecule has 0 bridgehead atoms. The summed E-state index contributed by atoms with van der Waals surface area (Å²) in [6.07, 6.45) is 3.04. The van der Waals surface area contributed by atoms with Crippen molar-refractivity contribution in [1.82, 2.24) is 0 Å². The van der Waals surface area contributed by atoms with Crippen molar-refractivity contribution in [3.05, 3.63) is 0 Å². The van der Waals surface area contributed by atoms with Crippen molar-refractivity contribution in [2.75, 3.05) is 19.8 Å². The molecule has 0 aromatic carbocycles. The Labute approximate surface area is 106 Å². The lowest BCUT2D eigenvalue weighted by atomic mass is 9.88. The highest BCUT2D eigenvalue weighted by Crippen LogP contribution is 2.27. The zero-order chi connectivity index (χ0) is 12.9. The van der Waals surface area contributed by atoms with Gasteiger partial charge in [-0.25, -0.2) is 0 Å². The van der Waals surface area contributed by atoms with Gasteiger partial charge in [-0.1, -0.05) is 13.8 Å². The molecule has 3 nitrogen and oxygen atoms in total. The monoisotopic (exact) mass is 244 g/mol. The van der Waals surface area contributed by atoms with Crippen LogP contribution >= 0.6 is 0 Å². The topological polar surface area (TPSA) is 27.7 Å². The molecule has 0 N–H and O–H groups in total. The van der Waals surface area contributed by atoms with E-state index < -0.39 is 0 Å². The van der Waals surface area contributed by atoms with Crippen LogP contribution < -0.4 is 0 Å². The van der Waals surface area contributed by atoms with Gasteiger partial charge in [0.15, 0.2) is 6.29 Å². The fourth-order valence-electron chi connectivity index (χ4n) is 1.70. The van der Waals surface area contributed by atoms with E-state index in [4.69, 9.17) is 14.2 Å². The van der Waals surface area contributed by atoms with Gasteiger partial charge >= 0.3 is 0 Å². The Kier molecular flexibility index (Phi) is 5.42. The van der Waals surface area contributed by atoms with E-state index >= 15 is 0 Å². The molecule has 3 heteroatoms. The summed E-state index contributed by atoms with van der Waals surface area (Å²) in [6.45, 7) is 13.2. The van der Waals surface area contributed by atoms with Gasteiger partial charge in [0, 0.05) is 0 Å². The summed E-state index contributed by atoms with van der Waals surface area (Å²) < 4.78 is 17.0. The van der Waals surface area contributed by atoms with E-state index in [0.717, 1.165) is 39.1 Å². The lowest BCUT2D eigenvalue weighted by molar-refractivity contribution is -0.185. The molecule has 0 aromatic rings. The SMILES string of the molecule is CC(C)(CCC1OCCCO1)COC(C)(C)C. The normalized spacial score (nSPS) is 19.6. The van der Waals surface area contributed by atoms with Crippen LogP contribution in [0.4, 0.5) is 0 Å². The molecular formula is C14H28O3. The third kappa shape index (κ3) is 7.02. The minimum absolute atomic E-state index is 0.00217. The number of hydrogen-bond donors (Lipinski definition) is 0. The maximum Gasteiger partial charge on any atom is 0.157 e. The minimum atomic E-state index is -0.0604. The molecule has 0 unspecified atom stereocenters. The summed E-state index contributed by atoms with van der Waals surface area (Å²) >= 11 is 0. The zero-order valence-electron chi connectivity index (χ0n) is 12.0. The Morgan fingerprint density at radius 2 is 1.65 bits per heavy atom. The molecule has 0 spiro atoms. The van der Waals surface area contributed by atoms with Crippen LogP contribution in [0.15, 0.2) is 0 Å². The van der Waals surface area contributed by atoms with Crippen LogP contribution in [-0.2, 0) is 14.2 Å². The average molecular weight is 244 g/mol. The smallest absolute Gasteiger partial charge is 0.157 e. The van der Waals surface area contributed by atoms with Crippen molar-refractivity contribution < 1.29 is 14.2 Å². The van der Waals surface area contributed by atoms with Gasteiger partial charge in [0.2, 0.25) is 0 Å². The summed E-state index contributed by atoms with van der Waals surface area (Å²) in [5, 5.41) is 0. The van der Waals surface area contributed by atoms with Gasteiger partial charge in [-0.2, -0.15) is 0 Å². The van der Waals surface area contributed by atoms with E-state index in [2.05, 4.69) is 34.6 Å². The molecule has 1 aliphatic heterocycles. The molecule has 0 saturated carbocycles. The Morgan fingerprint density at radius 3 is 2.18 bits per heavy atom. The predicted molar refractivity (Wildman–Crippen MR) is 69.0 cm³/mol. The van der Waals surface area contributed by atoms with E-state index in [-0.39, 0.29) is 17.3 Å². The van der Waals surface area contributed by atoms with Crippen molar-refractivity contribution >= 4 is 0 Å². The van der Waals surface area contributed by atoms with Crippen LogP contribution in [0, 0.1) is 5.41 Å². The second kappa shape index (κ2) is 6.17. The Bertz CT molecular complexity index is 212. The Balaban J connectivity index is 2.23. The summed E-state index contributed by atoms with van der Waals surface area (Å²) in [5.41, 5.74) is 0.118. The van der Waals surface area contributed by atoms with Crippen LogP contribution in [0.25, 0.3) is 0 Å². The highest BCUT2D eigenvalue weighted by Gasteiger charge is 2.24. The van der Waals surface area contributed by atoms with Crippen molar-refractivity contribution in [3.8, 4) is 0 Å². The molecule has 1 rings (SSSR count). The first-order chi connectivity index (χ1) is 7.79. The standard InChI is InChI=1S/C14H28O3/c1-13(2,3)17-11-14(4,5)8-7-12-15-9-6-10-16-12/h12H,6-11H2,1-5H3. The van der Waals surface area contributed by atoms with E-state index in [1.165, 1.54) is 0 Å². The predicted octanol–water partition coefficient (Wildman–Crippen LogP) is 3.37. The highest BCUT2D eigenvalue weighted by atomic mass is 16.7. The maximum atomic E-state index is 5.85. The largest absolute Gasteiger partial charge is 0.375 e. The molecule has 0 radical (unpaired) electrons. The second-order valence-electron chi connectivity index (χ2n) is 6.63. The van der Waals surface area contributed by atoms with Crippen molar-refractivity contribution in [2.24, 2.45) is 5.41 Å². The van der Waals surface area contributed by atoms with Crippen LogP contribution in [0.1, 0.15) is 53.9 Å². The molecular weight excluding hydrogens is 216 g/mol. The molecule has 1 fully saturated rings. The van der Waals surface area contributed by atoms with Gasteiger partial charge < -0.3 is 14.2 Å². The number of rotatable bonds is 5. The Morgan fingerprint density at radius 1 is 1.06 bits per heavy atom. The molecule has 0 aromatic heterocycles. The molecule has 1 heterocycles. The first kappa shape index (κ1) is 14.9. The molecule has 17 heavy (non-hydrogen) atoms. The fourth-order valence-corrected chi connectivity index (χ4v) is 1.70. The molecule has 1 aliphatic rings. The first-order valence-electron chi connectivity index (χ1n) is 6.66. The van der Waals surface area contributed by atoms with Crippen molar-refractivity contribution in [2.45, 2.75) is 65.8 Å². The molecule has 1 saturated heterocycles. The number of ether oxygens (including phenoxy) is 3. The van der Waals surface area contributed by atoms with Gasteiger partial charge in [0.1, 0.15) is 0 Å². The van der Waals surface area contributed by atoms with Gasteiger partial charge in [0.25, 0.3) is 0 Å². The van der Waals surface area contributed by atoms with Gasteiger partial charge in [-0.05, 0) is 45.4 Å². The summed E-state index contributed by atoms with van der Waals surface area (Å²) in [7, 11) is 0.